The van der Waals surface area contributed by atoms with Crippen LogP contribution in [-0.4, -0.2) is 106 Å². The van der Waals surface area contributed by atoms with Gasteiger partial charge >= 0.3 is 0 Å². The summed E-state index contributed by atoms with van der Waals surface area (Å²) < 4.78 is 5.17. The molecular formula is C36H53N5O6S. The Kier molecular flexibility index (Phi) is 14.0. The van der Waals surface area contributed by atoms with E-state index in [-0.39, 0.29) is 41.9 Å². The number of hydrogen-bond donors (Lipinski definition) is 1. The number of likely N-dealkylation sites (tertiary alicyclic amines) is 1. The maximum Gasteiger partial charge on any atom is 0.250 e. The topological polar surface area (TPSA) is 124 Å². The molecule has 0 saturated carbocycles. The van der Waals surface area contributed by atoms with E-state index in [0.29, 0.717) is 25.1 Å². The number of benzene rings is 1. The van der Waals surface area contributed by atoms with E-state index in [0.717, 1.165) is 23.4 Å². The average Bonchev–Trinajstić information content (AvgIpc) is 3.80. The number of methoxy groups -OCH3 is 1. The van der Waals surface area contributed by atoms with Crippen LogP contribution in [0, 0.1) is 11.8 Å². The smallest absolute Gasteiger partial charge is 0.250 e. The zero-order valence-electron chi connectivity index (χ0n) is 29.9. The van der Waals surface area contributed by atoms with Crippen molar-refractivity contribution in [3.8, 4) is 5.75 Å². The Labute approximate surface area is 289 Å². The number of hydrogen-bond acceptors (Lipinski definition) is 8. The van der Waals surface area contributed by atoms with Crippen LogP contribution in [0.4, 0.5) is 0 Å². The molecule has 0 bridgehead atoms. The number of amides is 4. The molecule has 0 aliphatic carbocycles. The van der Waals surface area contributed by atoms with E-state index in [9.17, 15) is 24.3 Å². The molecule has 3 rings (SSSR count). The Morgan fingerprint density at radius 1 is 1.00 bits per heavy atom. The third-order valence-electron chi connectivity index (χ3n) is 9.79. The van der Waals surface area contributed by atoms with Crippen LogP contribution >= 0.6 is 11.3 Å². The largest absolute Gasteiger partial charge is 0.508 e. The monoisotopic (exact) mass is 683 g/mol. The number of nitrogens with zero attached hydrogens (tertiary/aromatic N) is 5. The molecule has 1 N–H and O–H groups in total. The fourth-order valence-corrected chi connectivity index (χ4v) is 7.12. The molecule has 12 heteroatoms. The zero-order valence-corrected chi connectivity index (χ0v) is 30.7. The Balaban J connectivity index is 1.98. The second-order valence-corrected chi connectivity index (χ2v) is 13.8. The Bertz CT molecular complexity index is 1410. The first kappa shape index (κ1) is 38.5. The van der Waals surface area contributed by atoms with Gasteiger partial charge in [0.05, 0.1) is 18.9 Å². The van der Waals surface area contributed by atoms with Gasteiger partial charge in [-0.25, -0.2) is 4.98 Å². The summed E-state index contributed by atoms with van der Waals surface area (Å²) in [4.78, 5) is 67.4. The molecule has 0 radical (unpaired) electrons. The number of carbonyl (C=O) groups is 4. The van der Waals surface area contributed by atoms with Crippen LogP contribution in [0.3, 0.4) is 0 Å². The number of aromatic hydroxyl groups is 1. The predicted octanol–water partition coefficient (Wildman–Crippen LogP) is 4.88. The number of thiazole rings is 1. The van der Waals surface area contributed by atoms with Crippen molar-refractivity contribution in [1.29, 1.82) is 0 Å². The Morgan fingerprint density at radius 2 is 1.60 bits per heavy atom. The second-order valence-electron chi connectivity index (χ2n) is 12.9. The molecule has 2 heterocycles. The summed E-state index contributed by atoms with van der Waals surface area (Å²) in [6, 6.07) is 3.77. The molecule has 6 atom stereocenters. The van der Waals surface area contributed by atoms with E-state index in [1.807, 2.05) is 38.0 Å². The van der Waals surface area contributed by atoms with Crippen molar-refractivity contribution in [2.45, 2.75) is 90.9 Å². The van der Waals surface area contributed by atoms with E-state index in [1.54, 1.807) is 51.3 Å². The predicted molar refractivity (Wildman–Crippen MR) is 187 cm³/mol. The number of carbonyl (C=O) groups excluding carboxylic acids is 4. The van der Waals surface area contributed by atoms with Crippen LogP contribution in [0.2, 0.25) is 0 Å². The third-order valence-corrected chi connectivity index (χ3v) is 10.7. The molecule has 1 fully saturated rings. The van der Waals surface area contributed by atoms with Gasteiger partial charge in [-0.1, -0.05) is 52.7 Å². The molecule has 1 saturated heterocycles. The Hall–Kier alpha value is -3.93. The lowest BCUT2D eigenvalue weighted by atomic mass is 9.91. The van der Waals surface area contributed by atoms with Gasteiger partial charge in [-0.2, -0.15) is 0 Å². The lowest BCUT2D eigenvalue weighted by molar-refractivity contribution is -0.155. The van der Waals surface area contributed by atoms with Crippen molar-refractivity contribution in [1.82, 2.24) is 24.6 Å². The summed E-state index contributed by atoms with van der Waals surface area (Å²) in [6.45, 7) is 10.1. The molecule has 11 nitrogen and oxygen atoms in total. The van der Waals surface area contributed by atoms with Crippen LogP contribution in [0.1, 0.15) is 76.9 Å². The summed E-state index contributed by atoms with van der Waals surface area (Å²) in [5.41, 5.74) is 0.734. The van der Waals surface area contributed by atoms with Crippen molar-refractivity contribution in [3.05, 3.63) is 58.2 Å². The highest BCUT2D eigenvalue weighted by Gasteiger charge is 2.44. The first-order valence-electron chi connectivity index (χ1n) is 16.8. The highest BCUT2D eigenvalue weighted by molar-refractivity contribution is 7.09. The Morgan fingerprint density at radius 3 is 2.17 bits per heavy atom. The highest BCUT2D eigenvalue weighted by atomic mass is 32.1. The number of rotatable bonds is 15. The molecule has 2 aromatic rings. The van der Waals surface area contributed by atoms with E-state index < -0.39 is 29.9 Å². The number of aromatic nitrogens is 1. The molecule has 1 aromatic heterocycles. The zero-order chi connectivity index (χ0) is 35.7. The van der Waals surface area contributed by atoms with Crippen LogP contribution in [0.5, 0.6) is 5.75 Å². The fraction of sp³-hybridized carbons (Fsp3) is 0.583. The molecule has 1 aliphatic rings. The molecule has 0 unspecified atom stereocenters. The van der Waals surface area contributed by atoms with Gasteiger partial charge in [0, 0.05) is 51.8 Å². The summed E-state index contributed by atoms with van der Waals surface area (Å²) in [6.07, 6.45) is 6.21. The summed E-state index contributed by atoms with van der Waals surface area (Å²) in [5.74, 6) is -1.17. The number of likely N-dealkylation sites (N-methyl/N-ethyl adjacent to an activating group) is 3. The van der Waals surface area contributed by atoms with Crippen LogP contribution in [0.15, 0.2) is 47.7 Å². The van der Waals surface area contributed by atoms with Crippen LogP contribution in [-0.2, 0) is 30.3 Å². The van der Waals surface area contributed by atoms with Crippen molar-refractivity contribution in [2.75, 3.05) is 34.8 Å². The molecule has 1 aromatic carbocycles. The summed E-state index contributed by atoms with van der Waals surface area (Å²) in [7, 11) is 6.28. The molecule has 264 valence electrons. The number of phenols is 1. The van der Waals surface area contributed by atoms with Gasteiger partial charge in [-0.3, -0.25) is 19.2 Å². The first-order chi connectivity index (χ1) is 22.8. The van der Waals surface area contributed by atoms with E-state index in [4.69, 9.17) is 4.74 Å². The minimum absolute atomic E-state index is 0.0876. The third kappa shape index (κ3) is 8.94. The fourth-order valence-electron chi connectivity index (χ4n) is 6.34. The molecule has 1 aliphatic heterocycles. The minimum Gasteiger partial charge on any atom is -0.508 e. The normalized spacial score (nSPS) is 18.0. The highest BCUT2D eigenvalue weighted by Crippen LogP contribution is 2.35. The van der Waals surface area contributed by atoms with Gasteiger partial charge < -0.3 is 29.4 Å². The number of ether oxygens (including phenoxy) is 1. The summed E-state index contributed by atoms with van der Waals surface area (Å²) in [5, 5.41) is 12.6. The van der Waals surface area contributed by atoms with Gasteiger partial charge in [0.1, 0.15) is 28.9 Å². The average molecular weight is 684 g/mol. The van der Waals surface area contributed by atoms with Gasteiger partial charge in [0.15, 0.2) is 0 Å². The van der Waals surface area contributed by atoms with Gasteiger partial charge in [0.2, 0.25) is 23.6 Å². The van der Waals surface area contributed by atoms with Gasteiger partial charge in [-0.15, -0.1) is 11.3 Å². The molecule has 48 heavy (non-hydrogen) atoms. The van der Waals surface area contributed by atoms with Crippen molar-refractivity contribution in [3.63, 3.8) is 0 Å². The van der Waals surface area contributed by atoms with Crippen molar-refractivity contribution in [2.24, 2.45) is 11.8 Å². The van der Waals surface area contributed by atoms with E-state index in [1.165, 1.54) is 46.5 Å². The lowest BCUT2D eigenvalue weighted by Crippen LogP contribution is -2.60. The summed E-state index contributed by atoms with van der Waals surface area (Å²) >= 11 is 1.53. The van der Waals surface area contributed by atoms with E-state index >= 15 is 0 Å². The van der Waals surface area contributed by atoms with Crippen LogP contribution < -0.4 is 0 Å². The maximum absolute atomic E-state index is 14.6. The molecular weight excluding hydrogens is 630 g/mol. The maximum atomic E-state index is 14.6. The van der Waals surface area contributed by atoms with Crippen molar-refractivity contribution >= 4 is 35.0 Å². The molecule has 4 amide bonds. The number of allylic oxidation sites excluding steroid dienone is 1. The molecule has 0 spiro atoms. The van der Waals surface area contributed by atoms with Gasteiger partial charge in [0.25, 0.3) is 0 Å². The standard InChI is InChI=1S/C36H53N5O6S/c1-10-23(3)31(35(45)40(8)32(24(4)11-2)36(46)41-19-12-13-28(41)33-37-18-20-48-33)39(7)34(44)29(22-26-14-16-27(42)17-15-26)38(6)30(43)21-25(5)47-9/h14-18,20-21,23-24,28-29,31-32,42H,10-13,19,22H2,1-9H3/b25-21+/t23-,24+,28+,29+,31+,32+/m1/s1. The van der Waals surface area contributed by atoms with Crippen LogP contribution in [0.25, 0.3) is 0 Å². The van der Waals surface area contributed by atoms with E-state index in [2.05, 4.69) is 4.98 Å². The number of phenolic OH excluding ortho intramolecular Hbond substituents is 1. The second kappa shape index (κ2) is 17.5. The van der Waals surface area contributed by atoms with Gasteiger partial charge in [-0.05, 0) is 49.3 Å². The first-order valence-corrected chi connectivity index (χ1v) is 17.6. The quantitative estimate of drug-likeness (QED) is 0.210. The SMILES string of the molecule is CC[C@@H](C)[C@@H](C(=O)N(C)[C@H](C(=O)N1CCC[C@H]1c1nccs1)[C@@H](C)CC)N(C)C(=O)[C@H](Cc1ccc(O)cc1)N(C)C(=O)/C=C(\C)OC. The minimum atomic E-state index is -0.965. The van der Waals surface area contributed by atoms with Crippen molar-refractivity contribution < 1.29 is 29.0 Å². The lowest BCUT2D eigenvalue weighted by Gasteiger charge is -2.41.